The van der Waals surface area contributed by atoms with Crippen molar-refractivity contribution in [3.63, 3.8) is 0 Å². The lowest BCUT2D eigenvalue weighted by atomic mass is 9.92. The summed E-state index contributed by atoms with van der Waals surface area (Å²) in [6.45, 7) is 4.14. The number of nitrogens with two attached hydrogens (primary N) is 1. The number of aryl methyl sites for hydroxylation is 2. The van der Waals surface area contributed by atoms with Gasteiger partial charge in [-0.1, -0.05) is 29.8 Å². The van der Waals surface area contributed by atoms with Crippen LogP contribution in [0.25, 0.3) is 11.1 Å². The van der Waals surface area contributed by atoms with Gasteiger partial charge in [0.25, 0.3) is 5.91 Å². The summed E-state index contributed by atoms with van der Waals surface area (Å²) in [4.78, 5) is 12.0. The van der Waals surface area contributed by atoms with Gasteiger partial charge in [0.1, 0.15) is 0 Å². The molecule has 0 unspecified atom stereocenters. The number of anilines is 1. The predicted molar refractivity (Wildman–Crippen MR) is 102 cm³/mol. The summed E-state index contributed by atoms with van der Waals surface area (Å²) < 4.78 is 0. The topological polar surface area (TPSA) is 75.3 Å². The Morgan fingerprint density at radius 2 is 1.80 bits per heavy atom. The quantitative estimate of drug-likeness (QED) is 0.794. The maximum atomic E-state index is 12.0. The second kappa shape index (κ2) is 7.28. The lowest BCUT2D eigenvalue weighted by Gasteiger charge is -2.27. The molecule has 1 amide bonds. The highest BCUT2D eigenvalue weighted by atomic mass is 16.3. The minimum absolute atomic E-state index is 0.194. The highest BCUT2D eigenvalue weighted by Crippen LogP contribution is 2.30. The average Bonchev–Trinajstić information content (AvgIpc) is 2.57. The van der Waals surface area contributed by atoms with Crippen LogP contribution in [0.2, 0.25) is 0 Å². The van der Waals surface area contributed by atoms with Gasteiger partial charge in [0.15, 0.2) is 0 Å². The number of aliphatic hydroxyl groups is 1. The second-order valence-electron chi connectivity index (χ2n) is 7.09. The zero-order chi connectivity index (χ0) is 18.0. The highest BCUT2D eigenvalue weighted by molar-refractivity contribution is 6.00. The Morgan fingerprint density at radius 3 is 2.44 bits per heavy atom. The van der Waals surface area contributed by atoms with Crippen molar-refractivity contribution in [2.45, 2.75) is 51.7 Å². The average molecular weight is 338 g/mol. The smallest absolute Gasteiger partial charge is 0.250 e. The van der Waals surface area contributed by atoms with Crippen LogP contribution in [-0.4, -0.2) is 23.2 Å². The van der Waals surface area contributed by atoms with Gasteiger partial charge in [-0.15, -0.1) is 0 Å². The summed E-state index contributed by atoms with van der Waals surface area (Å²) in [7, 11) is 0. The number of carbonyl (C=O) groups is 1. The number of rotatable bonds is 4. The monoisotopic (exact) mass is 338 g/mol. The van der Waals surface area contributed by atoms with Crippen LogP contribution in [0.5, 0.6) is 0 Å². The summed E-state index contributed by atoms with van der Waals surface area (Å²) in [6.07, 6.45) is 3.20. The maximum absolute atomic E-state index is 12.0. The molecule has 0 saturated heterocycles. The molecule has 0 atom stereocenters. The minimum Gasteiger partial charge on any atom is -0.393 e. The standard InChI is InChI=1S/C21H26N2O2/c1-13-3-9-18(14(2)11-13)15-4-10-20(19(12-15)21(22)25)23-16-5-7-17(24)8-6-16/h3-4,9-12,16-17,23-24H,5-8H2,1-2H3,(H2,22,25)/t16-,17-. The fourth-order valence-corrected chi connectivity index (χ4v) is 3.62. The van der Waals surface area contributed by atoms with E-state index in [1.54, 1.807) is 0 Å². The molecule has 0 heterocycles. The zero-order valence-electron chi connectivity index (χ0n) is 14.9. The Kier molecular flexibility index (Phi) is 5.09. The molecular formula is C21H26N2O2. The van der Waals surface area contributed by atoms with Crippen LogP contribution < -0.4 is 11.1 Å². The number of aliphatic hydroxyl groups excluding tert-OH is 1. The van der Waals surface area contributed by atoms with Gasteiger partial charge in [-0.05, 0) is 68.4 Å². The van der Waals surface area contributed by atoms with E-state index in [4.69, 9.17) is 5.73 Å². The fraction of sp³-hybridized carbons (Fsp3) is 0.381. The third-order valence-corrected chi connectivity index (χ3v) is 5.03. The first-order valence-electron chi connectivity index (χ1n) is 8.90. The van der Waals surface area contributed by atoms with Crippen LogP contribution >= 0.6 is 0 Å². The normalized spacial score (nSPS) is 20.3. The Morgan fingerprint density at radius 1 is 1.08 bits per heavy atom. The molecule has 2 aromatic carbocycles. The van der Waals surface area contributed by atoms with Gasteiger partial charge in [0, 0.05) is 11.7 Å². The number of hydrogen-bond acceptors (Lipinski definition) is 3. The van der Waals surface area contributed by atoms with Gasteiger partial charge in [0.2, 0.25) is 0 Å². The van der Waals surface area contributed by atoms with Crippen molar-refractivity contribution >= 4 is 11.6 Å². The number of nitrogens with one attached hydrogen (secondary N) is 1. The van der Waals surface area contributed by atoms with E-state index >= 15 is 0 Å². The van der Waals surface area contributed by atoms with E-state index in [0.717, 1.165) is 42.5 Å². The van der Waals surface area contributed by atoms with Crippen LogP contribution in [0.1, 0.15) is 47.2 Å². The molecule has 132 valence electrons. The van der Waals surface area contributed by atoms with Gasteiger partial charge in [-0.2, -0.15) is 0 Å². The molecular weight excluding hydrogens is 312 g/mol. The van der Waals surface area contributed by atoms with E-state index in [0.29, 0.717) is 5.56 Å². The summed E-state index contributed by atoms with van der Waals surface area (Å²) in [6, 6.07) is 12.4. The van der Waals surface area contributed by atoms with E-state index in [2.05, 4.69) is 37.4 Å². The first-order chi connectivity index (χ1) is 11.9. The Hall–Kier alpha value is -2.33. The van der Waals surface area contributed by atoms with Crippen molar-refractivity contribution in [1.82, 2.24) is 0 Å². The predicted octanol–water partition coefficient (Wildman–Crippen LogP) is 3.78. The SMILES string of the molecule is Cc1ccc(-c2ccc(N[C@H]3CC[C@H](O)CC3)c(C(N)=O)c2)c(C)c1. The Labute approximate surface area is 149 Å². The second-order valence-corrected chi connectivity index (χ2v) is 7.09. The lowest BCUT2D eigenvalue weighted by Crippen LogP contribution is -2.29. The van der Waals surface area contributed by atoms with Crippen LogP contribution in [-0.2, 0) is 0 Å². The molecule has 2 aromatic rings. The van der Waals surface area contributed by atoms with E-state index < -0.39 is 5.91 Å². The first kappa shape index (κ1) is 17.5. The molecule has 1 fully saturated rings. The van der Waals surface area contributed by atoms with Crippen molar-refractivity contribution in [3.8, 4) is 11.1 Å². The minimum atomic E-state index is -0.426. The van der Waals surface area contributed by atoms with Crippen LogP contribution in [0.15, 0.2) is 36.4 Å². The summed E-state index contributed by atoms with van der Waals surface area (Å²) in [5.41, 5.74) is 11.4. The molecule has 4 heteroatoms. The molecule has 1 aliphatic carbocycles. The van der Waals surface area contributed by atoms with Gasteiger partial charge < -0.3 is 16.2 Å². The van der Waals surface area contributed by atoms with Crippen molar-refractivity contribution in [3.05, 3.63) is 53.1 Å². The molecule has 0 bridgehead atoms. The molecule has 1 saturated carbocycles. The van der Waals surface area contributed by atoms with Crippen molar-refractivity contribution in [2.24, 2.45) is 5.73 Å². The molecule has 3 rings (SSSR count). The first-order valence-corrected chi connectivity index (χ1v) is 8.90. The van der Waals surface area contributed by atoms with Crippen molar-refractivity contribution in [1.29, 1.82) is 0 Å². The number of hydrogen-bond donors (Lipinski definition) is 3. The van der Waals surface area contributed by atoms with Crippen LogP contribution in [0.4, 0.5) is 5.69 Å². The molecule has 1 aliphatic rings. The summed E-state index contributed by atoms with van der Waals surface area (Å²) in [5, 5.41) is 13.1. The Bertz CT molecular complexity index is 777. The molecule has 25 heavy (non-hydrogen) atoms. The fourth-order valence-electron chi connectivity index (χ4n) is 3.62. The number of benzene rings is 2. The summed E-state index contributed by atoms with van der Waals surface area (Å²) >= 11 is 0. The van der Waals surface area contributed by atoms with Gasteiger partial charge >= 0.3 is 0 Å². The molecule has 0 radical (unpaired) electrons. The Balaban J connectivity index is 1.89. The van der Waals surface area contributed by atoms with Crippen molar-refractivity contribution in [2.75, 3.05) is 5.32 Å². The molecule has 0 spiro atoms. The molecule has 0 aromatic heterocycles. The molecule has 4 N–H and O–H groups in total. The number of primary amides is 1. The van der Waals surface area contributed by atoms with E-state index in [9.17, 15) is 9.90 Å². The highest BCUT2D eigenvalue weighted by Gasteiger charge is 2.21. The maximum Gasteiger partial charge on any atom is 0.250 e. The molecule has 0 aliphatic heterocycles. The van der Waals surface area contributed by atoms with Gasteiger partial charge in [-0.25, -0.2) is 0 Å². The van der Waals surface area contributed by atoms with Gasteiger partial charge in [0.05, 0.1) is 11.7 Å². The van der Waals surface area contributed by atoms with Crippen molar-refractivity contribution < 1.29 is 9.90 Å². The number of carbonyl (C=O) groups excluding carboxylic acids is 1. The zero-order valence-corrected chi connectivity index (χ0v) is 14.9. The lowest BCUT2D eigenvalue weighted by molar-refractivity contribution is 0.100. The van der Waals surface area contributed by atoms with E-state index in [1.807, 2.05) is 18.2 Å². The third kappa shape index (κ3) is 4.02. The van der Waals surface area contributed by atoms with Crippen LogP contribution in [0.3, 0.4) is 0 Å². The van der Waals surface area contributed by atoms with Crippen LogP contribution in [0, 0.1) is 13.8 Å². The largest absolute Gasteiger partial charge is 0.393 e. The molecule has 4 nitrogen and oxygen atoms in total. The number of amides is 1. The van der Waals surface area contributed by atoms with E-state index in [-0.39, 0.29) is 12.1 Å². The third-order valence-electron chi connectivity index (χ3n) is 5.03. The summed E-state index contributed by atoms with van der Waals surface area (Å²) in [5.74, 6) is -0.426. The van der Waals surface area contributed by atoms with E-state index in [1.165, 1.54) is 11.1 Å². The van der Waals surface area contributed by atoms with Gasteiger partial charge in [-0.3, -0.25) is 4.79 Å².